The first kappa shape index (κ1) is 18.8. The van der Waals surface area contributed by atoms with Crippen molar-refractivity contribution in [3.63, 3.8) is 0 Å². The number of carbonyl (C=O) groups excluding carboxylic acids is 3. The summed E-state index contributed by atoms with van der Waals surface area (Å²) in [5.74, 6) is -2.92. The Morgan fingerprint density at radius 1 is 1.15 bits per heavy atom. The van der Waals surface area contributed by atoms with E-state index in [1.165, 1.54) is 18.7 Å². The Kier molecular flexibility index (Phi) is 4.63. The summed E-state index contributed by atoms with van der Waals surface area (Å²) in [4.78, 5) is 48.6. The number of carboxylic acids is 1. The summed E-state index contributed by atoms with van der Waals surface area (Å²) < 4.78 is 5.17. The average molecular weight is 371 g/mol. The summed E-state index contributed by atoms with van der Waals surface area (Å²) in [7, 11) is 0. The number of amides is 1. The van der Waals surface area contributed by atoms with E-state index in [0.29, 0.717) is 16.7 Å². The molecule has 4 atom stereocenters. The van der Waals surface area contributed by atoms with E-state index in [1.807, 2.05) is 6.92 Å². The molecule has 1 N–H and O–H groups in total. The molecule has 1 aromatic rings. The van der Waals surface area contributed by atoms with Crippen LogP contribution >= 0.6 is 0 Å². The van der Waals surface area contributed by atoms with Gasteiger partial charge in [0.15, 0.2) is 5.78 Å². The number of ketones is 1. The van der Waals surface area contributed by atoms with E-state index < -0.39 is 24.0 Å². The highest BCUT2D eigenvalue weighted by Gasteiger charge is 2.60. The standard InChI is InChI=1S/C20H21NO6/c1-9-15(14-7-5-13(6-8-14)10(2)22)18(20(25)26)21-17(9)16(19(21)24)11(3)27-12(4)23/h5-9,11,16-17H,1-4H3,(H,25,26)/t9-,11?,16?,17?/m0/s1. The number of nitrogens with zero attached hydrogens (tertiary/aromatic N) is 1. The maximum absolute atomic E-state index is 12.6. The number of carbonyl (C=O) groups is 4. The number of rotatable bonds is 5. The molecule has 27 heavy (non-hydrogen) atoms. The van der Waals surface area contributed by atoms with Gasteiger partial charge >= 0.3 is 11.9 Å². The van der Waals surface area contributed by atoms with Crippen molar-refractivity contribution in [3.8, 4) is 0 Å². The van der Waals surface area contributed by atoms with Crippen molar-refractivity contribution >= 4 is 29.2 Å². The van der Waals surface area contributed by atoms with E-state index in [-0.39, 0.29) is 29.3 Å². The van der Waals surface area contributed by atoms with Gasteiger partial charge in [-0.2, -0.15) is 0 Å². The minimum absolute atomic E-state index is 0.0423. The van der Waals surface area contributed by atoms with Crippen LogP contribution in [-0.4, -0.2) is 45.8 Å². The van der Waals surface area contributed by atoms with E-state index in [9.17, 15) is 24.3 Å². The molecule has 0 aromatic heterocycles. The van der Waals surface area contributed by atoms with Gasteiger partial charge < -0.3 is 14.7 Å². The smallest absolute Gasteiger partial charge is 0.352 e. The van der Waals surface area contributed by atoms with Gasteiger partial charge in [-0.25, -0.2) is 4.79 Å². The van der Waals surface area contributed by atoms with E-state index in [0.717, 1.165) is 0 Å². The normalized spacial score (nSPS) is 25.0. The van der Waals surface area contributed by atoms with Gasteiger partial charge in [-0.15, -0.1) is 0 Å². The van der Waals surface area contributed by atoms with Crippen LogP contribution in [0.2, 0.25) is 0 Å². The highest BCUT2D eigenvalue weighted by Crippen LogP contribution is 2.50. The molecule has 1 saturated heterocycles. The first-order chi connectivity index (χ1) is 12.6. The van der Waals surface area contributed by atoms with Crippen molar-refractivity contribution in [1.29, 1.82) is 0 Å². The van der Waals surface area contributed by atoms with E-state index in [2.05, 4.69) is 0 Å². The fraction of sp³-hybridized carbons (Fsp3) is 0.400. The highest BCUT2D eigenvalue weighted by molar-refractivity contribution is 6.07. The van der Waals surface area contributed by atoms with Gasteiger partial charge in [0.1, 0.15) is 11.8 Å². The lowest BCUT2D eigenvalue weighted by atomic mass is 9.76. The van der Waals surface area contributed by atoms with Gasteiger partial charge in [0, 0.05) is 18.4 Å². The zero-order valence-electron chi connectivity index (χ0n) is 15.6. The number of β-lactam (4-membered cyclic amide) rings is 1. The van der Waals surface area contributed by atoms with Gasteiger partial charge in [-0.05, 0) is 25.0 Å². The second kappa shape index (κ2) is 6.64. The molecule has 0 radical (unpaired) electrons. The summed E-state index contributed by atoms with van der Waals surface area (Å²) in [5.41, 5.74) is 1.70. The number of benzene rings is 1. The predicted octanol–water partition coefficient (Wildman–Crippen LogP) is 2.11. The third-order valence-corrected chi connectivity index (χ3v) is 5.31. The molecule has 3 unspecified atom stereocenters. The van der Waals surface area contributed by atoms with Crippen LogP contribution in [0.15, 0.2) is 30.0 Å². The van der Waals surface area contributed by atoms with E-state index in [1.54, 1.807) is 31.2 Å². The lowest BCUT2D eigenvalue weighted by Crippen LogP contribution is -2.64. The van der Waals surface area contributed by atoms with Crippen molar-refractivity contribution < 1.29 is 29.0 Å². The van der Waals surface area contributed by atoms with Crippen LogP contribution < -0.4 is 0 Å². The number of fused-ring (bicyclic) bond motifs is 1. The van der Waals surface area contributed by atoms with Crippen LogP contribution in [-0.2, 0) is 19.1 Å². The van der Waals surface area contributed by atoms with E-state index >= 15 is 0 Å². The Morgan fingerprint density at radius 2 is 1.74 bits per heavy atom. The molecule has 0 bridgehead atoms. The maximum atomic E-state index is 12.6. The monoisotopic (exact) mass is 371 g/mol. The number of Topliss-reactive ketones (excluding diaryl/α,β-unsaturated/α-hetero) is 1. The number of aliphatic carboxylic acids is 1. The fourth-order valence-electron chi connectivity index (χ4n) is 4.16. The van der Waals surface area contributed by atoms with Gasteiger partial charge in [0.05, 0.1) is 12.0 Å². The zero-order valence-corrected chi connectivity index (χ0v) is 15.6. The minimum Gasteiger partial charge on any atom is -0.477 e. The Morgan fingerprint density at radius 3 is 2.22 bits per heavy atom. The first-order valence-electron chi connectivity index (χ1n) is 8.74. The number of esters is 1. The average Bonchev–Trinajstić information content (AvgIpc) is 2.83. The number of hydrogen-bond acceptors (Lipinski definition) is 5. The lowest BCUT2D eigenvalue weighted by molar-refractivity contribution is -0.171. The quantitative estimate of drug-likeness (QED) is 0.483. The molecule has 7 heteroatoms. The predicted molar refractivity (Wildman–Crippen MR) is 95.5 cm³/mol. The summed E-state index contributed by atoms with van der Waals surface area (Å²) >= 11 is 0. The van der Waals surface area contributed by atoms with Gasteiger partial charge in [-0.1, -0.05) is 31.2 Å². The minimum atomic E-state index is -1.18. The van der Waals surface area contributed by atoms with Gasteiger partial charge in [0.2, 0.25) is 5.91 Å². The van der Waals surface area contributed by atoms with Crippen LogP contribution in [0.4, 0.5) is 0 Å². The molecular formula is C20H21NO6. The summed E-state index contributed by atoms with van der Waals surface area (Å²) in [6.07, 6.45) is -0.631. The SMILES string of the molecule is CC(=O)OC(C)C1C(=O)N2C(C(=O)O)=C(c3ccc(C(C)=O)cc3)[C@H](C)C12. The molecule has 1 fully saturated rings. The molecule has 2 heterocycles. The molecule has 0 spiro atoms. The molecule has 2 aliphatic rings. The molecule has 7 nitrogen and oxygen atoms in total. The summed E-state index contributed by atoms with van der Waals surface area (Å²) in [6.45, 7) is 6.25. The van der Waals surface area contributed by atoms with Crippen LogP contribution in [0.3, 0.4) is 0 Å². The van der Waals surface area contributed by atoms with Crippen molar-refractivity contribution in [2.45, 2.75) is 39.8 Å². The molecule has 0 aliphatic carbocycles. The number of carboxylic acid groups (broad SMARTS) is 1. The topological polar surface area (TPSA) is 101 Å². The molecule has 2 aliphatic heterocycles. The Bertz CT molecular complexity index is 869. The Balaban J connectivity index is 1.99. The summed E-state index contributed by atoms with van der Waals surface area (Å²) in [6, 6.07) is 6.32. The third-order valence-electron chi connectivity index (χ3n) is 5.31. The Labute approximate surface area is 156 Å². The largest absolute Gasteiger partial charge is 0.477 e. The van der Waals surface area contributed by atoms with Crippen molar-refractivity contribution in [2.75, 3.05) is 0 Å². The third kappa shape index (κ3) is 2.93. The van der Waals surface area contributed by atoms with Crippen molar-refractivity contribution in [2.24, 2.45) is 11.8 Å². The Hall–Kier alpha value is -2.96. The van der Waals surface area contributed by atoms with Crippen LogP contribution in [0.25, 0.3) is 5.57 Å². The summed E-state index contributed by atoms with van der Waals surface area (Å²) in [5, 5.41) is 9.72. The highest BCUT2D eigenvalue weighted by atomic mass is 16.5. The number of ether oxygens (including phenoxy) is 1. The molecule has 3 rings (SSSR count). The second-order valence-corrected chi connectivity index (χ2v) is 7.03. The molecule has 142 valence electrons. The van der Waals surface area contributed by atoms with E-state index in [4.69, 9.17) is 4.74 Å². The second-order valence-electron chi connectivity index (χ2n) is 7.03. The molecule has 1 aromatic carbocycles. The number of hydrogen-bond donors (Lipinski definition) is 1. The van der Waals surface area contributed by atoms with Crippen molar-refractivity contribution in [1.82, 2.24) is 4.90 Å². The van der Waals surface area contributed by atoms with Crippen LogP contribution in [0.1, 0.15) is 43.6 Å². The van der Waals surface area contributed by atoms with Crippen LogP contribution in [0, 0.1) is 11.8 Å². The van der Waals surface area contributed by atoms with Gasteiger partial charge in [0.25, 0.3) is 0 Å². The zero-order chi connectivity index (χ0) is 20.0. The molecule has 0 saturated carbocycles. The lowest BCUT2D eigenvalue weighted by Gasteiger charge is -2.47. The fourth-order valence-corrected chi connectivity index (χ4v) is 4.16. The van der Waals surface area contributed by atoms with Gasteiger partial charge in [-0.3, -0.25) is 14.4 Å². The van der Waals surface area contributed by atoms with Crippen molar-refractivity contribution in [3.05, 3.63) is 41.1 Å². The molecule has 1 amide bonds. The molecular weight excluding hydrogens is 350 g/mol. The first-order valence-corrected chi connectivity index (χ1v) is 8.74. The maximum Gasteiger partial charge on any atom is 0.352 e. The van der Waals surface area contributed by atoms with Crippen LogP contribution in [0.5, 0.6) is 0 Å².